The predicted octanol–water partition coefficient (Wildman–Crippen LogP) is 4.62. The van der Waals surface area contributed by atoms with Crippen molar-refractivity contribution in [1.29, 1.82) is 0 Å². The Morgan fingerprint density at radius 3 is 2.00 bits per heavy atom. The summed E-state index contributed by atoms with van der Waals surface area (Å²) in [5, 5.41) is 1.49. The second-order valence-electron chi connectivity index (χ2n) is 4.51. The third kappa shape index (κ3) is 3.28. The van der Waals surface area contributed by atoms with E-state index >= 15 is 0 Å². The lowest BCUT2D eigenvalue weighted by molar-refractivity contribution is 0.436. The van der Waals surface area contributed by atoms with Gasteiger partial charge in [-0.1, -0.05) is 37.0 Å². The molecule has 0 aliphatic heterocycles. The number of hydrogen-bond acceptors (Lipinski definition) is 1. The minimum Gasteiger partial charge on any atom is -0.376 e. The fourth-order valence-electron chi connectivity index (χ4n) is 1.94. The van der Waals surface area contributed by atoms with E-state index in [0.29, 0.717) is 15.2 Å². The van der Waals surface area contributed by atoms with Crippen LogP contribution >= 0.6 is 35.4 Å². The summed E-state index contributed by atoms with van der Waals surface area (Å²) >= 11 is 17.3. The van der Waals surface area contributed by atoms with Gasteiger partial charge in [0.05, 0.1) is 0 Å². The normalized spacial score (nSPS) is 11.4. The largest absolute Gasteiger partial charge is 0.376 e. The van der Waals surface area contributed by atoms with Gasteiger partial charge in [0.1, 0.15) is 0 Å². The molecule has 0 radical (unpaired) electrons. The molecule has 0 saturated heterocycles. The van der Waals surface area contributed by atoms with Gasteiger partial charge in [0.2, 0.25) is 0 Å². The molecule has 100 valence electrons. The molecule has 2 nitrogen and oxygen atoms in total. The Balaban J connectivity index is 3.32. The van der Waals surface area contributed by atoms with Crippen molar-refractivity contribution in [3.63, 3.8) is 0 Å². The molecule has 1 aromatic rings. The molecule has 1 aromatic carbocycles. The molecule has 0 atom stereocenters. The first-order chi connectivity index (χ1) is 8.34. The standard InChI is InChI=1S/C13H18Cl2N2S/c1-4-13(3,5-2)17(12(16)18)11-7-9(14)6-10(15)8-11/h6-8H,4-5H2,1-3H3,(H2,16,18). The van der Waals surface area contributed by atoms with Crippen LogP contribution in [-0.4, -0.2) is 10.7 Å². The molecular formula is C13H18Cl2N2S. The minimum absolute atomic E-state index is 0.139. The summed E-state index contributed by atoms with van der Waals surface area (Å²) < 4.78 is 0. The van der Waals surface area contributed by atoms with Crippen LogP contribution in [0.3, 0.4) is 0 Å². The SMILES string of the molecule is CCC(C)(CC)N(C(N)=S)c1cc(Cl)cc(Cl)c1. The topological polar surface area (TPSA) is 29.3 Å². The summed E-state index contributed by atoms with van der Waals surface area (Å²) in [6, 6.07) is 5.35. The first-order valence-corrected chi connectivity index (χ1v) is 7.06. The molecular weight excluding hydrogens is 287 g/mol. The van der Waals surface area contributed by atoms with Crippen molar-refractivity contribution < 1.29 is 0 Å². The number of thiocarbonyl (C=S) groups is 1. The number of anilines is 1. The van der Waals surface area contributed by atoms with E-state index in [0.717, 1.165) is 18.5 Å². The van der Waals surface area contributed by atoms with E-state index in [9.17, 15) is 0 Å². The monoisotopic (exact) mass is 304 g/mol. The first-order valence-electron chi connectivity index (χ1n) is 5.89. The second kappa shape index (κ2) is 6.09. The number of benzene rings is 1. The van der Waals surface area contributed by atoms with Crippen LogP contribution in [0.5, 0.6) is 0 Å². The van der Waals surface area contributed by atoms with Gasteiger partial charge in [-0.3, -0.25) is 0 Å². The highest BCUT2D eigenvalue weighted by atomic mass is 35.5. The molecule has 0 saturated carbocycles. The Bertz CT molecular complexity index is 424. The highest BCUT2D eigenvalue weighted by Gasteiger charge is 2.30. The van der Waals surface area contributed by atoms with E-state index in [1.54, 1.807) is 6.07 Å². The third-order valence-corrected chi connectivity index (χ3v) is 4.01. The number of halogens is 2. The Kier molecular flexibility index (Phi) is 5.26. The molecule has 0 bridgehead atoms. The highest BCUT2D eigenvalue weighted by molar-refractivity contribution is 7.80. The zero-order valence-corrected chi connectivity index (χ0v) is 13.2. The van der Waals surface area contributed by atoms with Crippen molar-refractivity contribution >= 4 is 46.2 Å². The van der Waals surface area contributed by atoms with Gasteiger partial charge in [-0.2, -0.15) is 0 Å². The molecule has 0 aliphatic rings. The molecule has 0 aliphatic carbocycles. The third-order valence-electron chi connectivity index (χ3n) is 3.39. The highest BCUT2D eigenvalue weighted by Crippen LogP contribution is 2.33. The quantitative estimate of drug-likeness (QED) is 0.823. The van der Waals surface area contributed by atoms with Crippen molar-refractivity contribution in [2.24, 2.45) is 5.73 Å². The maximum absolute atomic E-state index is 6.04. The molecule has 0 amide bonds. The number of hydrogen-bond donors (Lipinski definition) is 1. The average Bonchev–Trinajstić information content (AvgIpc) is 2.27. The van der Waals surface area contributed by atoms with Crippen LogP contribution < -0.4 is 10.6 Å². The average molecular weight is 305 g/mol. The molecule has 2 N–H and O–H groups in total. The maximum Gasteiger partial charge on any atom is 0.171 e. The number of rotatable bonds is 4. The van der Waals surface area contributed by atoms with Crippen LogP contribution in [-0.2, 0) is 0 Å². The van der Waals surface area contributed by atoms with E-state index in [2.05, 4.69) is 20.8 Å². The molecule has 0 aromatic heterocycles. The molecule has 1 rings (SSSR count). The molecule has 5 heteroatoms. The predicted molar refractivity (Wildman–Crippen MR) is 84.7 cm³/mol. The van der Waals surface area contributed by atoms with Crippen molar-refractivity contribution in [2.75, 3.05) is 4.90 Å². The van der Waals surface area contributed by atoms with Crippen molar-refractivity contribution in [1.82, 2.24) is 0 Å². The van der Waals surface area contributed by atoms with E-state index in [4.69, 9.17) is 41.2 Å². The summed E-state index contributed by atoms with van der Waals surface area (Å²) in [7, 11) is 0. The van der Waals surface area contributed by atoms with E-state index in [1.165, 1.54) is 0 Å². The molecule has 0 fully saturated rings. The van der Waals surface area contributed by atoms with Gasteiger partial charge in [0, 0.05) is 21.3 Å². The van der Waals surface area contributed by atoms with E-state index in [-0.39, 0.29) is 5.54 Å². The molecule has 18 heavy (non-hydrogen) atoms. The van der Waals surface area contributed by atoms with E-state index in [1.807, 2.05) is 17.0 Å². The van der Waals surface area contributed by atoms with Gasteiger partial charge in [-0.25, -0.2) is 0 Å². The van der Waals surface area contributed by atoms with Gasteiger partial charge in [0.25, 0.3) is 0 Å². The van der Waals surface area contributed by atoms with Gasteiger partial charge in [-0.05, 0) is 50.2 Å². The Hall–Kier alpha value is -0.510. The Labute approximate surface area is 124 Å². The van der Waals surface area contributed by atoms with Crippen LogP contribution in [0.25, 0.3) is 0 Å². The zero-order chi connectivity index (χ0) is 13.9. The van der Waals surface area contributed by atoms with Gasteiger partial charge < -0.3 is 10.6 Å². The molecule has 0 unspecified atom stereocenters. The van der Waals surface area contributed by atoms with Gasteiger partial charge in [-0.15, -0.1) is 0 Å². The van der Waals surface area contributed by atoms with Crippen LogP contribution in [0.15, 0.2) is 18.2 Å². The lowest BCUT2D eigenvalue weighted by atomic mass is 9.92. The fraction of sp³-hybridized carbons (Fsp3) is 0.462. The van der Waals surface area contributed by atoms with Crippen molar-refractivity contribution in [3.8, 4) is 0 Å². The number of nitrogens with two attached hydrogens (primary N) is 1. The summed E-state index contributed by atoms with van der Waals surface area (Å²) in [4.78, 5) is 1.93. The zero-order valence-electron chi connectivity index (χ0n) is 10.8. The van der Waals surface area contributed by atoms with Crippen LogP contribution in [0.1, 0.15) is 33.6 Å². The summed E-state index contributed by atoms with van der Waals surface area (Å²) in [5.74, 6) is 0. The Morgan fingerprint density at radius 2 is 1.67 bits per heavy atom. The lowest BCUT2D eigenvalue weighted by Gasteiger charge is -2.41. The smallest absolute Gasteiger partial charge is 0.171 e. The van der Waals surface area contributed by atoms with Gasteiger partial charge >= 0.3 is 0 Å². The van der Waals surface area contributed by atoms with Crippen LogP contribution in [0.2, 0.25) is 10.0 Å². The van der Waals surface area contributed by atoms with Crippen LogP contribution in [0.4, 0.5) is 5.69 Å². The fourth-order valence-corrected chi connectivity index (χ4v) is 2.78. The van der Waals surface area contributed by atoms with Crippen LogP contribution in [0, 0.1) is 0 Å². The number of nitrogens with zero attached hydrogens (tertiary/aromatic N) is 1. The maximum atomic E-state index is 6.04. The first kappa shape index (κ1) is 15.5. The summed E-state index contributed by atoms with van der Waals surface area (Å²) in [5.41, 5.74) is 6.58. The second-order valence-corrected chi connectivity index (χ2v) is 5.80. The van der Waals surface area contributed by atoms with E-state index < -0.39 is 0 Å². The van der Waals surface area contributed by atoms with Gasteiger partial charge in [0.15, 0.2) is 5.11 Å². The minimum atomic E-state index is -0.139. The summed E-state index contributed by atoms with van der Waals surface area (Å²) in [6.07, 6.45) is 1.84. The lowest BCUT2D eigenvalue weighted by Crippen LogP contribution is -2.51. The van der Waals surface area contributed by atoms with Crippen molar-refractivity contribution in [3.05, 3.63) is 28.2 Å². The Morgan fingerprint density at radius 1 is 1.22 bits per heavy atom. The van der Waals surface area contributed by atoms with Crippen molar-refractivity contribution in [2.45, 2.75) is 39.2 Å². The summed E-state index contributed by atoms with van der Waals surface area (Å²) in [6.45, 7) is 6.35. The molecule has 0 spiro atoms. The molecule has 0 heterocycles.